The summed E-state index contributed by atoms with van der Waals surface area (Å²) in [6, 6.07) is 21.6. The molecule has 0 saturated carbocycles. The molecular weight excluding hydrogens is 1050 g/mol. The summed E-state index contributed by atoms with van der Waals surface area (Å²) in [6.45, 7) is 16.4. The number of hydrogen-bond donors (Lipinski definition) is 4. The molecule has 0 aromatic heterocycles. The Balaban J connectivity index is 0.000000329. The average molecular weight is 1120 g/mol. The summed E-state index contributed by atoms with van der Waals surface area (Å²) >= 11 is 0. The standard InChI is InChI=1S/2C25H33F2N3O2.2C2HF3O2/c2*1-17(2)32-22-9-5-19(6-10-22)14-28-25(31)30(24-11-12-29(4)15-18(24)3)16-20-7-8-21(26)13-23(20)27;2*3-2(4,5)1(6)7/h2*5-10,13,17-18,24H,11-12,14-16H2,1-4H3,(H,28,31);2*(H,6,7)/t2*18-,24-;;/m10../s1. The number of halogens is 10. The van der Waals surface area contributed by atoms with Crippen molar-refractivity contribution in [3.63, 3.8) is 0 Å². The molecule has 2 aliphatic heterocycles. The lowest BCUT2D eigenvalue weighted by Crippen LogP contribution is -2.53. The maximum absolute atomic E-state index is 14.4. The van der Waals surface area contributed by atoms with Gasteiger partial charge in [-0.3, -0.25) is 0 Å². The van der Waals surface area contributed by atoms with Gasteiger partial charge in [0.05, 0.1) is 25.3 Å². The van der Waals surface area contributed by atoms with Gasteiger partial charge in [-0.05, 0) is 127 Å². The number of hydrogen-bond acceptors (Lipinski definition) is 8. The molecule has 0 unspecified atom stereocenters. The quantitative estimate of drug-likeness (QED) is 0.0894. The normalized spacial score (nSPS) is 17.7. The molecule has 4 N–H and O–H groups in total. The molecule has 2 fully saturated rings. The van der Waals surface area contributed by atoms with Crippen molar-refractivity contribution in [1.29, 1.82) is 0 Å². The molecule has 4 aromatic rings. The molecule has 4 atom stereocenters. The molecule has 0 spiro atoms. The largest absolute Gasteiger partial charge is 0.491 e. The van der Waals surface area contributed by atoms with Crippen LogP contribution in [0.1, 0.15) is 76.6 Å². The van der Waals surface area contributed by atoms with Gasteiger partial charge >= 0.3 is 36.4 Å². The van der Waals surface area contributed by atoms with Gasteiger partial charge in [0.25, 0.3) is 0 Å². The Morgan fingerprint density at radius 1 is 0.577 bits per heavy atom. The summed E-state index contributed by atoms with van der Waals surface area (Å²) in [5, 5.41) is 20.2. The lowest BCUT2D eigenvalue weighted by atomic mass is 9.92. The van der Waals surface area contributed by atoms with Gasteiger partial charge in [0, 0.05) is 61.5 Å². The van der Waals surface area contributed by atoms with Crippen molar-refractivity contribution in [1.82, 2.24) is 30.2 Å². The number of nitrogens with one attached hydrogen (secondary N) is 2. The van der Waals surface area contributed by atoms with E-state index in [9.17, 15) is 53.5 Å². The second kappa shape index (κ2) is 30.4. The molecule has 432 valence electrons. The zero-order valence-corrected chi connectivity index (χ0v) is 44.5. The third kappa shape index (κ3) is 22.6. The Morgan fingerprint density at radius 3 is 1.14 bits per heavy atom. The van der Waals surface area contributed by atoms with E-state index < -0.39 is 47.6 Å². The van der Waals surface area contributed by atoms with Crippen LogP contribution in [0.15, 0.2) is 84.9 Å². The van der Waals surface area contributed by atoms with E-state index in [1.165, 1.54) is 24.3 Å². The summed E-state index contributed by atoms with van der Waals surface area (Å²) in [5.74, 6) is -6.01. The maximum atomic E-state index is 14.4. The van der Waals surface area contributed by atoms with Gasteiger partial charge in [0.1, 0.15) is 34.8 Å². The van der Waals surface area contributed by atoms with Crippen LogP contribution in [0.3, 0.4) is 0 Å². The molecule has 4 aromatic carbocycles. The van der Waals surface area contributed by atoms with Gasteiger partial charge in [-0.25, -0.2) is 36.7 Å². The Morgan fingerprint density at radius 2 is 0.885 bits per heavy atom. The van der Waals surface area contributed by atoms with Crippen molar-refractivity contribution in [2.75, 3.05) is 40.3 Å². The van der Waals surface area contributed by atoms with E-state index in [1.54, 1.807) is 9.80 Å². The first kappa shape index (κ1) is 65.5. The second-order valence-corrected chi connectivity index (χ2v) is 19.5. The highest BCUT2D eigenvalue weighted by atomic mass is 19.4. The fourth-order valence-corrected chi connectivity index (χ4v) is 8.43. The Hall–Kier alpha value is -6.82. The van der Waals surface area contributed by atoms with Crippen LogP contribution in [-0.2, 0) is 35.8 Å². The van der Waals surface area contributed by atoms with E-state index in [4.69, 9.17) is 29.3 Å². The number of alkyl halides is 6. The average Bonchev–Trinajstić information content (AvgIpc) is 3.33. The van der Waals surface area contributed by atoms with Crippen LogP contribution in [-0.4, -0.2) is 131 Å². The van der Waals surface area contributed by atoms with E-state index in [0.717, 1.165) is 73.8 Å². The molecule has 2 saturated heterocycles. The number of carbonyl (C=O) groups is 4. The number of urea groups is 2. The number of carbonyl (C=O) groups excluding carboxylic acids is 2. The fraction of sp³-hybridized carbons (Fsp3) is 0.481. The van der Waals surface area contributed by atoms with Crippen LogP contribution >= 0.6 is 0 Å². The third-order valence-corrected chi connectivity index (χ3v) is 12.1. The minimum absolute atomic E-state index is 0.0301. The van der Waals surface area contributed by atoms with E-state index in [0.29, 0.717) is 24.2 Å². The van der Waals surface area contributed by atoms with Gasteiger partial charge in [0.2, 0.25) is 0 Å². The molecule has 0 bridgehead atoms. The Kier molecular flexibility index (Phi) is 25.5. The molecule has 78 heavy (non-hydrogen) atoms. The number of nitrogens with zero attached hydrogens (tertiary/aromatic N) is 4. The van der Waals surface area contributed by atoms with Crippen molar-refractivity contribution in [2.45, 2.75) is 117 Å². The number of carboxylic acid groups (broad SMARTS) is 2. The third-order valence-electron chi connectivity index (χ3n) is 12.1. The van der Waals surface area contributed by atoms with E-state index >= 15 is 0 Å². The minimum Gasteiger partial charge on any atom is -0.491 e. The first-order valence-corrected chi connectivity index (χ1v) is 24.8. The fourth-order valence-electron chi connectivity index (χ4n) is 8.43. The van der Waals surface area contributed by atoms with Crippen LogP contribution in [0.25, 0.3) is 0 Å². The highest BCUT2D eigenvalue weighted by molar-refractivity contribution is 5.75. The lowest BCUT2D eigenvalue weighted by molar-refractivity contribution is -0.193. The number of ether oxygens (including phenoxy) is 2. The van der Waals surface area contributed by atoms with Crippen molar-refractivity contribution < 1.29 is 82.8 Å². The van der Waals surface area contributed by atoms with Crippen molar-refractivity contribution in [2.24, 2.45) is 11.8 Å². The summed E-state index contributed by atoms with van der Waals surface area (Å²) in [5.41, 5.74) is 2.50. The number of aliphatic carboxylic acids is 2. The van der Waals surface area contributed by atoms with Gasteiger partial charge in [-0.15, -0.1) is 0 Å². The van der Waals surface area contributed by atoms with Gasteiger partial charge in [0.15, 0.2) is 0 Å². The number of carboxylic acids is 2. The number of likely N-dealkylation sites (tertiary alicyclic amines) is 2. The predicted molar refractivity (Wildman–Crippen MR) is 270 cm³/mol. The van der Waals surface area contributed by atoms with Crippen molar-refractivity contribution >= 4 is 24.0 Å². The van der Waals surface area contributed by atoms with Crippen LogP contribution in [0.4, 0.5) is 53.5 Å². The summed E-state index contributed by atoms with van der Waals surface area (Å²) in [7, 11) is 4.12. The molecular formula is C54H68F10N6O8. The SMILES string of the molecule is CC(C)Oc1ccc(CNC(=O)N(Cc2ccc(F)cc2F)[C@@H]2CCN(C)C[C@H]2C)cc1.CC(C)Oc1ccc(CNC(=O)N(Cc2ccc(F)cc2F)[C@H]2CCN(C)C[C@@H]2C)cc1.O=C(O)C(F)(F)F.O=C(O)C(F)(F)F. The van der Waals surface area contributed by atoms with E-state index in [-0.39, 0.29) is 61.3 Å². The molecule has 6 rings (SSSR count). The van der Waals surface area contributed by atoms with Gasteiger partial charge < -0.3 is 49.9 Å². The number of rotatable bonds is 14. The molecule has 0 radical (unpaired) electrons. The molecule has 2 heterocycles. The summed E-state index contributed by atoms with van der Waals surface area (Å²) < 4.78 is 130. The van der Waals surface area contributed by atoms with Crippen LogP contribution < -0.4 is 20.1 Å². The number of piperidine rings is 2. The van der Waals surface area contributed by atoms with Crippen LogP contribution in [0.2, 0.25) is 0 Å². The number of benzene rings is 4. The smallest absolute Gasteiger partial charge is 0.490 e. The molecule has 4 amide bonds. The maximum Gasteiger partial charge on any atom is 0.490 e. The number of amides is 4. The van der Waals surface area contributed by atoms with E-state index in [1.807, 2.05) is 76.2 Å². The molecule has 14 nitrogen and oxygen atoms in total. The monoisotopic (exact) mass is 1120 g/mol. The Labute approximate surface area is 447 Å². The Bertz CT molecular complexity index is 2360. The zero-order chi connectivity index (χ0) is 58.7. The molecule has 2 aliphatic rings. The predicted octanol–water partition coefficient (Wildman–Crippen LogP) is 10.9. The first-order chi connectivity index (χ1) is 36.3. The summed E-state index contributed by atoms with van der Waals surface area (Å²) in [4.78, 5) is 52.1. The highest BCUT2D eigenvalue weighted by Gasteiger charge is 2.39. The van der Waals surface area contributed by atoms with Crippen molar-refractivity contribution in [3.8, 4) is 11.5 Å². The second-order valence-electron chi connectivity index (χ2n) is 19.5. The summed E-state index contributed by atoms with van der Waals surface area (Å²) in [6.07, 6.45) is -8.38. The van der Waals surface area contributed by atoms with Gasteiger partial charge in [-0.2, -0.15) is 26.3 Å². The molecule has 0 aliphatic carbocycles. The molecule has 24 heteroatoms. The van der Waals surface area contributed by atoms with Crippen molar-refractivity contribution in [3.05, 3.63) is 130 Å². The minimum atomic E-state index is -5.08. The topological polar surface area (TPSA) is 164 Å². The first-order valence-electron chi connectivity index (χ1n) is 24.8. The van der Waals surface area contributed by atoms with E-state index in [2.05, 4.69) is 48.4 Å². The van der Waals surface area contributed by atoms with Crippen LogP contribution in [0, 0.1) is 35.1 Å². The zero-order valence-electron chi connectivity index (χ0n) is 44.5. The lowest BCUT2D eigenvalue weighted by Gasteiger charge is -2.41. The highest BCUT2D eigenvalue weighted by Crippen LogP contribution is 2.27. The van der Waals surface area contributed by atoms with Crippen LogP contribution in [0.5, 0.6) is 11.5 Å². The van der Waals surface area contributed by atoms with Gasteiger partial charge in [-0.1, -0.05) is 50.2 Å².